The number of rotatable bonds is 5. The lowest BCUT2D eigenvalue weighted by molar-refractivity contribution is 1.08. The molecule has 52 heavy (non-hydrogen) atoms. The highest BCUT2D eigenvalue weighted by molar-refractivity contribution is 6.08. The molecule has 0 bridgehead atoms. The molecule has 3 nitrogen and oxygen atoms in total. The van der Waals surface area contributed by atoms with Crippen molar-refractivity contribution < 1.29 is 12.3 Å². The van der Waals surface area contributed by atoms with Gasteiger partial charge in [-0.3, -0.25) is 0 Å². The van der Waals surface area contributed by atoms with Gasteiger partial charge in [-0.15, -0.1) is 0 Å². The van der Waals surface area contributed by atoms with Crippen LogP contribution in [0.2, 0.25) is 0 Å². The first-order chi connectivity index (χ1) is 29.5. The molecule has 10 rings (SSSR count). The predicted molar refractivity (Wildman–Crippen MR) is 217 cm³/mol. The highest BCUT2D eigenvalue weighted by Gasteiger charge is 2.16. The van der Waals surface area contributed by atoms with Gasteiger partial charge in [-0.2, -0.15) is 0 Å². The molecular formula is C49H31N3. The lowest BCUT2D eigenvalue weighted by Crippen LogP contribution is -2.00. The van der Waals surface area contributed by atoms with Crippen LogP contribution in [0.1, 0.15) is 12.3 Å². The summed E-state index contributed by atoms with van der Waals surface area (Å²) >= 11 is 0. The molecule has 0 spiro atoms. The van der Waals surface area contributed by atoms with Crippen LogP contribution in [-0.2, 0) is 0 Å². The zero-order chi connectivity index (χ0) is 42.3. The van der Waals surface area contributed by atoms with Crippen LogP contribution in [0.4, 0.5) is 0 Å². The van der Waals surface area contributed by atoms with E-state index < -0.39 is 54.4 Å². The fourth-order valence-electron chi connectivity index (χ4n) is 6.75. The maximum absolute atomic E-state index is 9.61. The highest BCUT2D eigenvalue weighted by atomic mass is 15.0. The minimum absolute atomic E-state index is 0.0980. The van der Waals surface area contributed by atoms with Crippen LogP contribution in [0.15, 0.2) is 188 Å². The lowest BCUT2D eigenvalue weighted by Gasteiger charge is -2.12. The molecule has 0 radical (unpaired) electrons. The minimum atomic E-state index is -0.581. The minimum Gasteiger partial charge on any atom is -0.208 e. The van der Waals surface area contributed by atoms with Gasteiger partial charge in [-0.1, -0.05) is 164 Å². The van der Waals surface area contributed by atoms with Gasteiger partial charge in [0.2, 0.25) is 0 Å². The Bertz CT molecular complexity index is 3480. The fourth-order valence-corrected chi connectivity index (χ4v) is 6.75. The standard InChI is InChI=1S/C49H31N3/c1-2-10-32(11-3-1)37-23-24-40-29-38(25-26-39(40)28-37)36-15-8-16-41(30-36)47-50-48(52-49(51-47)45-19-9-14-33-12-4-6-17-43(33)45)42-27-22-35-21-20-34-13-5-7-18-44(34)46(35)31-42/h1-31H/i5D,7D,13D,18D,20D,21D,22D,27D,31D. The third kappa shape index (κ3) is 5.37. The van der Waals surface area contributed by atoms with E-state index >= 15 is 0 Å². The molecule has 0 N–H and O–H groups in total. The Balaban J connectivity index is 1.20. The van der Waals surface area contributed by atoms with E-state index in [-0.39, 0.29) is 44.6 Å². The van der Waals surface area contributed by atoms with E-state index in [1.165, 1.54) is 0 Å². The first-order valence-electron chi connectivity index (χ1n) is 21.4. The summed E-state index contributed by atoms with van der Waals surface area (Å²) in [5.74, 6) is 0.393. The van der Waals surface area contributed by atoms with E-state index in [4.69, 9.17) is 24.5 Å². The number of benzene rings is 9. The molecular weight excluding hydrogens is 631 g/mol. The fraction of sp³-hybridized carbons (Fsp3) is 0. The summed E-state index contributed by atoms with van der Waals surface area (Å²) in [6.07, 6.45) is 0. The quantitative estimate of drug-likeness (QED) is 0.171. The van der Waals surface area contributed by atoms with Crippen LogP contribution in [0.3, 0.4) is 0 Å². The number of hydrogen-bond acceptors (Lipinski definition) is 3. The zero-order valence-corrected chi connectivity index (χ0v) is 27.5. The van der Waals surface area contributed by atoms with Crippen molar-refractivity contribution in [3.05, 3.63) is 188 Å². The summed E-state index contributed by atoms with van der Waals surface area (Å²) in [6, 6.07) is 39.6. The summed E-state index contributed by atoms with van der Waals surface area (Å²) in [4.78, 5) is 14.8. The van der Waals surface area contributed by atoms with Gasteiger partial charge in [-0.25, -0.2) is 15.0 Å². The number of fused-ring (bicyclic) bond motifs is 5. The first kappa shape index (κ1) is 22.0. The van der Waals surface area contributed by atoms with Crippen molar-refractivity contribution in [2.24, 2.45) is 0 Å². The van der Waals surface area contributed by atoms with Gasteiger partial charge in [0, 0.05) is 16.7 Å². The second kappa shape index (κ2) is 12.4. The third-order valence-electron chi connectivity index (χ3n) is 9.35. The molecule has 0 aliphatic rings. The van der Waals surface area contributed by atoms with Crippen LogP contribution in [-0.4, -0.2) is 15.0 Å². The van der Waals surface area contributed by atoms with Crippen LogP contribution in [0.5, 0.6) is 0 Å². The molecule has 0 fully saturated rings. The number of hydrogen-bond donors (Lipinski definition) is 0. The van der Waals surface area contributed by atoms with Crippen LogP contribution in [0.25, 0.3) is 99.5 Å². The summed E-state index contributed by atoms with van der Waals surface area (Å²) in [6.45, 7) is 0. The van der Waals surface area contributed by atoms with Crippen molar-refractivity contribution in [3.63, 3.8) is 0 Å². The summed E-state index contributed by atoms with van der Waals surface area (Å²) in [5.41, 5.74) is 5.26. The van der Waals surface area contributed by atoms with Crippen molar-refractivity contribution in [1.82, 2.24) is 15.0 Å². The van der Waals surface area contributed by atoms with E-state index in [1.54, 1.807) is 0 Å². The molecule has 10 aromatic rings. The van der Waals surface area contributed by atoms with E-state index in [0.29, 0.717) is 11.1 Å². The Morgan fingerprint density at radius 3 is 1.77 bits per heavy atom. The molecule has 0 aliphatic heterocycles. The Hall–Kier alpha value is -6.97. The maximum atomic E-state index is 9.61. The molecule has 0 aliphatic carbocycles. The normalized spacial score (nSPS) is 13.9. The average Bonchev–Trinajstić information content (AvgIpc) is 3.29. The zero-order valence-electron chi connectivity index (χ0n) is 36.5. The maximum Gasteiger partial charge on any atom is 0.164 e. The molecule has 9 aromatic carbocycles. The Morgan fingerprint density at radius 1 is 0.327 bits per heavy atom. The van der Waals surface area contributed by atoms with Gasteiger partial charge < -0.3 is 0 Å². The van der Waals surface area contributed by atoms with Gasteiger partial charge >= 0.3 is 0 Å². The summed E-state index contributed by atoms with van der Waals surface area (Å²) < 4.78 is 79.8. The highest BCUT2D eigenvalue weighted by Crippen LogP contribution is 2.34. The first-order valence-corrected chi connectivity index (χ1v) is 16.9. The molecule has 3 heteroatoms. The molecule has 242 valence electrons. The average molecular weight is 671 g/mol. The molecule has 0 saturated heterocycles. The van der Waals surface area contributed by atoms with E-state index in [2.05, 4.69) is 48.5 Å². The smallest absolute Gasteiger partial charge is 0.164 e. The second-order valence-corrected chi connectivity index (χ2v) is 12.6. The van der Waals surface area contributed by atoms with Gasteiger partial charge in [0.15, 0.2) is 17.5 Å². The van der Waals surface area contributed by atoms with Crippen LogP contribution >= 0.6 is 0 Å². The monoisotopic (exact) mass is 670 g/mol. The lowest BCUT2D eigenvalue weighted by atomic mass is 9.97. The van der Waals surface area contributed by atoms with Gasteiger partial charge in [0.05, 0.1) is 12.3 Å². The molecule has 1 heterocycles. The van der Waals surface area contributed by atoms with E-state index in [1.807, 2.05) is 84.9 Å². The predicted octanol–water partition coefficient (Wildman–Crippen LogP) is 12.8. The number of aromatic nitrogens is 3. The third-order valence-corrected chi connectivity index (χ3v) is 9.35. The van der Waals surface area contributed by atoms with Gasteiger partial charge in [0.25, 0.3) is 0 Å². The van der Waals surface area contributed by atoms with Gasteiger partial charge in [0.1, 0.15) is 0 Å². The molecule has 0 saturated carbocycles. The van der Waals surface area contributed by atoms with E-state index in [9.17, 15) is 2.74 Å². The molecule has 0 atom stereocenters. The van der Waals surface area contributed by atoms with Crippen LogP contribution < -0.4 is 0 Å². The van der Waals surface area contributed by atoms with E-state index in [0.717, 1.165) is 43.8 Å². The summed E-state index contributed by atoms with van der Waals surface area (Å²) in [5, 5.41) is 3.17. The van der Waals surface area contributed by atoms with Crippen molar-refractivity contribution in [1.29, 1.82) is 0 Å². The van der Waals surface area contributed by atoms with Crippen molar-refractivity contribution >= 4 is 43.1 Å². The van der Waals surface area contributed by atoms with Crippen molar-refractivity contribution in [2.45, 2.75) is 0 Å². The Kier molecular flexibility index (Phi) is 5.25. The SMILES string of the molecule is [2H]c1c([2H])c([2H])c2c(c1[2H])c([2H])c([2H])c1c([2H])c([2H])c(-c3nc(-c4cccc(-c5ccc6cc(-c7ccccc7)ccc6c5)c4)nc(-c4cccc5ccccc45)n3)c([2H])c12. The Labute approximate surface area is 314 Å². The number of nitrogens with zero attached hydrogens (tertiary/aromatic N) is 3. The summed E-state index contributed by atoms with van der Waals surface area (Å²) in [7, 11) is 0. The molecule has 0 amide bonds. The van der Waals surface area contributed by atoms with Crippen molar-refractivity contribution in [3.8, 4) is 56.4 Å². The van der Waals surface area contributed by atoms with Crippen LogP contribution in [0, 0.1) is 0 Å². The van der Waals surface area contributed by atoms with Gasteiger partial charge in [-0.05, 0) is 89.6 Å². The topological polar surface area (TPSA) is 38.7 Å². The second-order valence-electron chi connectivity index (χ2n) is 12.6. The Morgan fingerprint density at radius 2 is 0.923 bits per heavy atom. The molecule has 0 unspecified atom stereocenters. The molecule has 1 aromatic heterocycles. The largest absolute Gasteiger partial charge is 0.208 e. The van der Waals surface area contributed by atoms with Crippen molar-refractivity contribution in [2.75, 3.05) is 0 Å².